The van der Waals surface area contributed by atoms with Crippen molar-refractivity contribution in [3.8, 4) is 0 Å². The van der Waals surface area contributed by atoms with Gasteiger partial charge in [0.25, 0.3) is 0 Å². The van der Waals surface area contributed by atoms with Gasteiger partial charge in [-0.25, -0.2) is 4.79 Å². The van der Waals surface area contributed by atoms with Crippen LogP contribution in [-0.2, 0) is 0 Å². The van der Waals surface area contributed by atoms with Gasteiger partial charge in [0.2, 0.25) is 0 Å². The fraction of sp³-hybridized carbons (Fsp3) is 0.462. The second-order valence-corrected chi connectivity index (χ2v) is 5.39. The SMILES string of the molecule is CC1(O)CCN(c2ccc(Cl)cc2C(=O)O)CC1. The van der Waals surface area contributed by atoms with Gasteiger partial charge in [0.1, 0.15) is 0 Å². The summed E-state index contributed by atoms with van der Waals surface area (Å²) in [4.78, 5) is 13.2. The van der Waals surface area contributed by atoms with E-state index in [1.807, 2.05) is 11.8 Å². The summed E-state index contributed by atoms with van der Waals surface area (Å²) in [5.41, 5.74) is 0.234. The molecule has 5 heteroatoms. The molecule has 2 rings (SSSR count). The predicted molar refractivity (Wildman–Crippen MR) is 70.5 cm³/mol. The number of carboxylic acid groups (broad SMARTS) is 1. The Bertz CT molecular complexity index is 463. The van der Waals surface area contributed by atoms with Crippen LogP contribution < -0.4 is 4.90 Å². The molecular weight excluding hydrogens is 254 g/mol. The van der Waals surface area contributed by atoms with Gasteiger partial charge in [0.15, 0.2) is 0 Å². The van der Waals surface area contributed by atoms with Gasteiger partial charge in [-0.05, 0) is 38.0 Å². The molecule has 0 aliphatic carbocycles. The number of carboxylic acids is 1. The predicted octanol–water partition coefficient (Wildman–Crippen LogP) is 2.39. The van der Waals surface area contributed by atoms with Crippen LogP contribution in [0.1, 0.15) is 30.1 Å². The van der Waals surface area contributed by atoms with Crippen LogP contribution in [0, 0.1) is 0 Å². The number of carbonyl (C=O) groups is 1. The molecule has 18 heavy (non-hydrogen) atoms. The molecule has 2 N–H and O–H groups in total. The Morgan fingerprint density at radius 2 is 2.00 bits per heavy atom. The maximum absolute atomic E-state index is 11.2. The lowest BCUT2D eigenvalue weighted by Crippen LogP contribution is -2.42. The second kappa shape index (κ2) is 4.78. The summed E-state index contributed by atoms with van der Waals surface area (Å²) in [7, 11) is 0. The molecule has 0 saturated carbocycles. The normalized spacial score (nSPS) is 18.7. The van der Waals surface area contributed by atoms with Crippen molar-refractivity contribution in [2.75, 3.05) is 18.0 Å². The highest BCUT2D eigenvalue weighted by molar-refractivity contribution is 6.31. The van der Waals surface area contributed by atoms with Crippen molar-refractivity contribution in [3.05, 3.63) is 28.8 Å². The molecule has 0 atom stereocenters. The van der Waals surface area contributed by atoms with Gasteiger partial charge < -0.3 is 15.1 Å². The monoisotopic (exact) mass is 269 g/mol. The Morgan fingerprint density at radius 3 is 2.56 bits per heavy atom. The smallest absolute Gasteiger partial charge is 0.337 e. The molecule has 0 radical (unpaired) electrons. The highest BCUT2D eigenvalue weighted by Crippen LogP contribution is 2.29. The molecule has 0 amide bonds. The number of rotatable bonds is 2. The van der Waals surface area contributed by atoms with Gasteiger partial charge in [0.05, 0.1) is 16.9 Å². The zero-order valence-electron chi connectivity index (χ0n) is 10.2. The second-order valence-electron chi connectivity index (χ2n) is 4.95. The number of piperidine rings is 1. The molecule has 0 bridgehead atoms. The summed E-state index contributed by atoms with van der Waals surface area (Å²) < 4.78 is 0. The highest BCUT2D eigenvalue weighted by atomic mass is 35.5. The fourth-order valence-electron chi connectivity index (χ4n) is 2.18. The third kappa shape index (κ3) is 2.76. The lowest BCUT2D eigenvalue weighted by Gasteiger charge is -2.37. The summed E-state index contributed by atoms with van der Waals surface area (Å²) in [6.45, 7) is 3.11. The van der Waals surface area contributed by atoms with Crippen LogP contribution in [0.5, 0.6) is 0 Å². The third-order valence-corrected chi connectivity index (χ3v) is 3.61. The van der Waals surface area contributed by atoms with Crippen molar-refractivity contribution < 1.29 is 15.0 Å². The van der Waals surface area contributed by atoms with Crippen molar-refractivity contribution in [2.45, 2.75) is 25.4 Å². The minimum atomic E-state index is -0.982. The van der Waals surface area contributed by atoms with E-state index in [2.05, 4.69) is 0 Å². The maximum Gasteiger partial charge on any atom is 0.337 e. The maximum atomic E-state index is 11.2. The molecule has 1 fully saturated rings. The van der Waals surface area contributed by atoms with E-state index in [0.717, 1.165) is 0 Å². The fourth-order valence-corrected chi connectivity index (χ4v) is 2.36. The zero-order valence-corrected chi connectivity index (χ0v) is 10.9. The Kier molecular flexibility index (Phi) is 3.50. The molecular formula is C13H16ClNO3. The number of halogens is 1. The Labute approximate surface area is 111 Å². The third-order valence-electron chi connectivity index (χ3n) is 3.37. The molecule has 1 aliphatic rings. The zero-order chi connectivity index (χ0) is 13.3. The van der Waals surface area contributed by atoms with Gasteiger partial charge in [-0.3, -0.25) is 0 Å². The number of aliphatic hydroxyl groups is 1. The average molecular weight is 270 g/mol. The molecule has 1 aromatic rings. The number of aromatic carboxylic acids is 1. The number of hydrogen-bond acceptors (Lipinski definition) is 3. The minimum absolute atomic E-state index is 0.212. The van der Waals surface area contributed by atoms with Crippen molar-refractivity contribution in [1.29, 1.82) is 0 Å². The van der Waals surface area contributed by atoms with Crippen molar-refractivity contribution in [3.63, 3.8) is 0 Å². The minimum Gasteiger partial charge on any atom is -0.478 e. The van der Waals surface area contributed by atoms with E-state index >= 15 is 0 Å². The highest BCUT2D eigenvalue weighted by Gasteiger charge is 2.29. The molecule has 98 valence electrons. The molecule has 4 nitrogen and oxygen atoms in total. The van der Waals surface area contributed by atoms with Crippen LogP contribution >= 0.6 is 11.6 Å². The lowest BCUT2D eigenvalue weighted by molar-refractivity contribution is 0.0351. The van der Waals surface area contributed by atoms with E-state index in [1.165, 1.54) is 6.07 Å². The van der Waals surface area contributed by atoms with Crippen LogP contribution in [-0.4, -0.2) is 34.9 Å². The van der Waals surface area contributed by atoms with Gasteiger partial charge in [-0.1, -0.05) is 11.6 Å². The lowest BCUT2D eigenvalue weighted by atomic mass is 9.93. The largest absolute Gasteiger partial charge is 0.478 e. The standard InChI is InChI=1S/C13H16ClNO3/c1-13(18)4-6-15(7-5-13)11-3-2-9(14)8-10(11)12(16)17/h2-3,8,18H,4-7H2,1H3,(H,16,17). The Hall–Kier alpha value is -1.26. The van der Waals surface area contributed by atoms with E-state index in [-0.39, 0.29) is 5.56 Å². The molecule has 1 heterocycles. The van der Waals surface area contributed by atoms with E-state index in [9.17, 15) is 15.0 Å². The van der Waals surface area contributed by atoms with Crippen LogP contribution in [0.3, 0.4) is 0 Å². The van der Waals surface area contributed by atoms with Gasteiger partial charge in [0, 0.05) is 18.1 Å². The summed E-state index contributed by atoms with van der Waals surface area (Å²) in [6, 6.07) is 4.88. The quantitative estimate of drug-likeness (QED) is 0.865. The summed E-state index contributed by atoms with van der Waals surface area (Å²) in [5, 5.41) is 19.5. The van der Waals surface area contributed by atoms with Gasteiger partial charge in [-0.15, -0.1) is 0 Å². The summed E-state index contributed by atoms with van der Waals surface area (Å²) in [5.74, 6) is -0.982. The summed E-state index contributed by atoms with van der Waals surface area (Å²) in [6.07, 6.45) is 1.27. The van der Waals surface area contributed by atoms with Crippen molar-refractivity contribution in [2.24, 2.45) is 0 Å². The molecule has 0 unspecified atom stereocenters. The number of hydrogen-bond donors (Lipinski definition) is 2. The molecule has 0 aromatic heterocycles. The number of benzene rings is 1. The van der Waals surface area contributed by atoms with E-state index in [4.69, 9.17) is 11.6 Å². The number of nitrogens with zero attached hydrogens (tertiary/aromatic N) is 1. The molecule has 1 aliphatic heterocycles. The van der Waals surface area contributed by atoms with Crippen molar-refractivity contribution in [1.82, 2.24) is 0 Å². The first kappa shape index (κ1) is 13.2. The van der Waals surface area contributed by atoms with Crippen LogP contribution in [0.15, 0.2) is 18.2 Å². The van der Waals surface area contributed by atoms with Gasteiger partial charge >= 0.3 is 5.97 Å². The molecule has 1 aromatic carbocycles. The topological polar surface area (TPSA) is 60.8 Å². The Morgan fingerprint density at radius 1 is 1.39 bits per heavy atom. The molecule has 1 saturated heterocycles. The summed E-state index contributed by atoms with van der Waals surface area (Å²) >= 11 is 5.82. The van der Waals surface area contributed by atoms with Crippen molar-refractivity contribution >= 4 is 23.3 Å². The first-order valence-electron chi connectivity index (χ1n) is 5.89. The first-order chi connectivity index (χ1) is 8.39. The van der Waals surface area contributed by atoms with E-state index in [0.29, 0.717) is 36.6 Å². The first-order valence-corrected chi connectivity index (χ1v) is 6.27. The van der Waals surface area contributed by atoms with Crippen LogP contribution in [0.2, 0.25) is 5.02 Å². The molecule has 0 spiro atoms. The van der Waals surface area contributed by atoms with Crippen LogP contribution in [0.4, 0.5) is 5.69 Å². The average Bonchev–Trinajstić information content (AvgIpc) is 2.29. The Balaban J connectivity index is 2.26. The van der Waals surface area contributed by atoms with E-state index < -0.39 is 11.6 Å². The van der Waals surface area contributed by atoms with Crippen LogP contribution in [0.25, 0.3) is 0 Å². The van der Waals surface area contributed by atoms with E-state index in [1.54, 1.807) is 12.1 Å². The van der Waals surface area contributed by atoms with Gasteiger partial charge in [-0.2, -0.15) is 0 Å². The number of anilines is 1.